The fraction of sp³-hybridized carbons (Fsp3) is 0.130. The molecule has 0 spiro atoms. The zero-order valence-corrected chi connectivity index (χ0v) is 19.2. The van der Waals surface area contributed by atoms with Crippen LogP contribution in [0.15, 0.2) is 71.6 Å². The Morgan fingerprint density at radius 2 is 1.69 bits per heavy atom. The first-order valence-electron chi connectivity index (χ1n) is 9.48. The van der Waals surface area contributed by atoms with Crippen LogP contribution in [0, 0.1) is 6.92 Å². The zero-order valence-electron chi connectivity index (χ0n) is 17.6. The monoisotopic (exact) mass is 472 g/mol. The Bertz CT molecular complexity index is 1290. The van der Waals surface area contributed by atoms with Crippen LogP contribution in [-0.4, -0.2) is 34.5 Å². The van der Waals surface area contributed by atoms with Crippen molar-refractivity contribution in [3.63, 3.8) is 0 Å². The van der Waals surface area contributed by atoms with E-state index in [1.165, 1.54) is 50.6 Å². The fourth-order valence-electron chi connectivity index (χ4n) is 2.96. The summed E-state index contributed by atoms with van der Waals surface area (Å²) in [6.45, 7) is 1.78. The third kappa shape index (κ3) is 4.92. The van der Waals surface area contributed by atoms with Gasteiger partial charge in [0.2, 0.25) is 0 Å². The second-order valence-corrected chi connectivity index (χ2v) is 9.36. The molecule has 0 saturated carbocycles. The number of sulfonamides is 1. The van der Waals surface area contributed by atoms with Crippen molar-refractivity contribution in [2.45, 2.75) is 11.8 Å². The van der Waals surface area contributed by atoms with Crippen molar-refractivity contribution in [3.8, 4) is 0 Å². The number of amides is 1. The highest BCUT2D eigenvalue weighted by Gasteiger charge is 2.23. The molecule has 3 aromatic carbocycles. The molecule has 3 rings (SSSR count). The number of aryl methyl sites for hydroxylation is 1. The zero-order chi connectivity index (χ0) is 23.5. The van der Waals surface area contributed by atoms with Gasteiger partial charge in [0, 0.05) is 23.3 Å². The van der Waals surface area contributed by atoms with Crippen LogP contribution >= 0.6 is 11.6 Å². The van der Waals surface area contributed by atoms with Gasteiger partial charge in [-0.1, -0.05) is 29.8 Å². The van der Waals surface area contributed by atoms with E-state index in [0.717, 1.165) is 9.87 Å². The topological polar surface area (TPSA) is 92.8 Å². The SMILES string of the molecule is COC(=O)c1ccc(C)c(NC(=O)c2cccc(S(=O)(=O)N(C)c3cccc(Cl)c3)c2)c1. The molecule has 0 bridgehead atoms. The Hall–Kier alpha value is -3.36. The number of methoxy groups -OCH3 is 1. The van der Waals surface area contributed by atoms with Gasteiger partial charge < -0.3 is 10.1 Å². The number of nitrogens with zero attached hydrogens (tertiary/aromatic N) is 1. The van der Waals surface area contributed by atoms with Crippen LogP contribution in [0.4, 0.5) is 11.4 Å². The number of esters is 1. The molecule has 7 nitrogen and oxygen atoms in total. The van der Waals surface area contributed by atoms with Crippen LogP contribution in [0.5, 0.6) is 0 Å². The van der Waals surface area contributed by atoms with Crippen LogP contribution < -0.4 is 9.62 Å². The average molecular weight is 473 g/mol. The van der Waals surface area contributed by atoms with Crippen molar-refractivity contribution in [2.75, 3.05) is 23.8 Å². The summed E-state index contributed by atoms with van der Waals surface area (Å²) >= 11 is 5.98. The maximum atomic E-state index is 13.1. The summed E-state index contributed by atoms with van der Waals surface area (Å²) in [6.07, 6.45) is 0. The highest BCUT2D eigenvalue weighted by molar-refractivity contribution is 7.92. The van der Waals surface area contributed by atoms with E-state index in [1.807, 2.05) is 0 Å². The summed E-state index contributed by atoms with van der Waals surface area (Å²) in [6, 6.07) is 16.9. The maximum absolute atomic E-state index is 13.1. The standard InChI is InChI=1S/C23H21ClN2O5S/c1-15-10-11-17(23(28)31-3)13-21(15)25-22(27)16-6-4-9-20(12-16)32(29,30)26(2)19-8-5-7-18(24)14-19/h4-14H,1-3H3,(H,25,27). The first kappa shape index (κ1) is 23.3. The number of nitrogens with one attached hydrogen (secondary N) is 1. The van der Waals surface area contributed by atoms with Crippen LogP contribution in [0.3, 0.4) is 0 Å². The molecule has 0 saturated heterocycles. The van der Waals surface area contributed by atoms with E-state index in [1.54, 1.807) is 37.3 Å². The van der Waals surface area contributed by atoms with E-state index in [-0.39, 0.29) is 16.0 Å². The van der Waals surface area contributed by atoms with E-state index in [4.69, 9.17) is 16.3 Å². The lowest BCUT2D eigenvalue weighted by Crippen LogP contribution is -2.27. The van der Waals surface area contributed by atoms with E-state index in [9.17, 15) is 18.0 Å². The molecule has 166 valence electrons. The van der Waals surface area contributed by atoms with Gasteiger partial charge in [0.25, 0.3) is 15.9 Å². The number of halogens is 1. The third-order valence-corrected chi connectivity index (χ3v) is 6.85. The van der Waals surface area contributed by atoms with Crippen molar-refractivity contribution in [1.29, 1.82) is 0 Å². The quantitative estimate of drug-likeness (QED) is 0.533. The molecule has 0 fully saturated rings. The highest BCUT2D eigenvalue weighted by atomic mass is 35.5. The van der Waals surface area contributed by atoms with E-state index < -0.39 is 21.9 Å². The summed E-state index contributed by atoms with van der Waals surface area (Å²) in [5.41, 5.74) is 1.97. The number of carbonyl (C=O) groups excluding carboxylic acids is 2. The molecule has 0 radical (unpaired) electrons. The maximum Gasteiger partial charge on any atom is 0.337 e. The van der Waals surface area contributed by atoms with Crippen LogP contribution in [0.1, 0.15) is 26.3 Å². The van der Waals surface area contributed by atoms with Gasteiger partial charge in [-0.05, 0) is 61.0 Å². The highest BCUT2D eigenvalue weighted by Crippen LogP contribution is 2.25. The molecule has 0 aliphatic heterocycles. The minimum Gasteiger partial charge on any atom is -0.465 e. The number of hydrogen-bond donors (Lipinski definition) is 1. The second kappa shape index (κ2) is 9.42. The molecule has 32 heavy (non-hydrogen) atoms. The average Bonchev–Trinajstić information content (AvgIpc) is 2.79. The van der Waals surface area contributed by atoms with Gasteiger partial charge in [-0.2, -0.15) is 0 Å². The van der Waals surface area contributed by atoms with Gasteiger partial charge in [-0.3, -0.25) is 9.10 Å². The Labute approximate surface area is 191 Å². The Kier molecular flexibility index (Phi) is 6.86. The van der Waals surface area contributed by atoms with Crippen molar-refractivity contribution < 1.29 is 22.7 Å². The number of carbonyl (C=O) groups is 2. The van der Waals surface area contributed by atoms with E-state index >= 15 is 0 Å². The minimum atomic E-state index is -3.93. The lowest BCUT2D eigenvalue weighted by atomic mass is 10.1. The van der Waals surface area contributed by atoms with E-state index in [0.29, 0.717) is 16.4 Å². The van der Waals surface area contributed by atoms with Crippen molar-refractivity contribution in [2.24, 2.45) is 0 Å². The second-order valence-electron chi connectivity index (χ2n) is 6.96. The summed E-state index contributed by atoms with van der Waals surface area (Å²) in [5.74, 6) is -1.05. The predicted octanol–water partition coefficient (Wildman–Crippen LogP) is 4.51. The number of benzene rings is 3. The van der Waals surface area contributed by atoms with Gasteiger partial charge in [-0.15, -0.1) is 0 Å². The summed E-state index contributed by atoms with van der Waals surface area (Å²) in [5, 5.41) is 3.13. The molecule has 0 aliphatic carbocycles. The van der Waals surface area contributed by atoms with Crippen LogP contribution in [-0.2, 0) is 14.8 Å². The van der Waals surface area contributed by atoms with Crippen LogP contribution in [0.2, 0.25) is 5.02 Å². The predicted molar refractivity (Wildman–Crippen MR) is 124 cm³/mol. The molecule has 1 N–H and O–H groups in total. The van der Waals surface area contributed by atoms with Crippen molar-refractivity contribution in [1.82, 2.24) is 0 Å². The van der Waals surface area contributed by atoms with Crippen molar-refractivity contribution >= 4 is 44.9 Å². The van der Waals surface area contributed by atoms with Crippen LogP contribution in [0.25, 0.3) is 0 Å². The lowest BCUT2D eigenvalue weighted by molar-refractivity contribution is 0.0600. The number of anilines is 2. The molecule has 0 aromatic heterocycles. The first-order chi connectivity index (χ1) is 15.1. The van der Waals surface area contributed by atoms with Gasteiger partial charge in [0.1, 0.15) is 0 Å². The molecule has 3 aromatic rings. The van der Waals surface area contributed by atoms with Gasteiger partial charge in [0.05, 0.1) is 23.3 Å². The molecule has 9 heteroatoms. The molecule has 1 amide bonds. The summed E-state index contributed by atoms with van der Waals surface area (Å²) < 4.78 is 32.0. The number of rotatable bonds is 6. The number of hydrogen-bond acceptors (Lipinski definition) is 5. The third-order valence-electron chi connectivity index (χ3n) is 4.83. The minimum absolute atomic E-state index is 0.0485. The summed E-state index contributed by atoms with van der Waals surface area (Å²) in [7, 11) is -1.25. The first-order valence-corrected chi connectivity index (χ1v) is 11.3. The normalized spacial score (nSPS) is 11.0. The fourth-order valence-corrected chi connectivity index (χ4v) is 4.38. The largest absolute Gasteiger partial charge is 0.465 e. The Morgan fingerprint density at radius 1 is 0.969 bits per heavy atom. The molecule has 0 atom stereocenters. The molecule has 0 aliphatic rings. The lowest BCUT2D eigenvalue weighted by Gasteiger charge is -2.20. The molecular weight excluding hydrogens is 452 g/mol. The Balaban J connectivity index is 1.89. The van der Waals surface area contributed by atoms with Gasteiger partial charge >= 0.3 is 5.97 Å². The Morgan fingerprint density at radius 3 is 2.38 bits per heavy atom. The smallest absolute Gasteiger partial charge is 0.337 e. The molecule has 0 unspecified atom stereocenters. The van der Waals surface area contributed by atoms with Gasteiger partial charge in [0.15, 0.2) is 0 Å². The molecular formula is C23H21ClN2O5S. The summed E-state index contributed by atoms with van der Waals surface area (Å²) in [4.78, 5) is 24.6. The van der Waals surface area contributed by atoms with Gasteiger partial charge in [-0.25, -0.2) is 13.2 Å². The van der Waals surface area contributed by atoms with E-state index in [2.05, 4.69) is 5.32 Å². The van der Waals surface area contributed by atoms with Crippen molar-refractivity contribution in [3.05, 3.63) is 88.4 Å². The molecule has 0 heterocycles. The number of ether oxygens (including phenoxy) is 1.